The number of methoxy groups -OCH3 is 1. The van der Waals surface area contributed by atoms with E-state index in [1.807, 2.05) is 12.1 Å². The molecule has 0 saturated heterocycles. The monoisotopic (exact) mass is 453 g/mol. The van der Waals surface area contributed by atoms with Crippen LogP contribution in [0, 0.1) is 23.7 Å². The Morgan fingerprint density at radius 2 is 1.75 bits per heavy atom. The van der Waals surface area contributed by atoms with Gasteiger partial charge in [0.15, 0.2) is 11.5 Å². The molecule has 4 bridgehead atoms. The Morgan fingerprint density at radius 3 is 2.41 bits per heavy atom. The van der Waals surface area contributed by atoms with E-state index in [4.69, 9.17) is 21.1 Å². The minimum absolute atomic E-state index is 0.250. The molecule has 6 rings (SSSR count). The van der Waals surface area contributed by atoms with E-state index in [1.54, 1.807) is 7.11 Å². The lowest BCUT2D eigenvalue weighted by Crippen LogP contribution is -2.63. The zero-order valence-electron chi connectivity index (χ0n) is 19.9. The first kappa shape index (κ1) is 22.1. The Labute approximate surface area is 197 Å². The molecule has 4 saturated carbocycles. The van der Waals surface area contributed by atoms with Gasteiger partial charge in [-0.05, 0) is 79.4 Å². The molecular formula is C28H36ClNO2. The maximum atomic E-state index is 6.73. The van der Waals surface area contributed by atoms with Crippen molar-refractivity contribution in [3.05, 3.63) is 58.1 Å². The second-order valence-corrected chi connectivity index (χ2v) is 12.0. The average molecular weight is 454 g/mol. The second-order valence-electron chi connectivity index (χ2n) is 11.6. The second kappa shape index (κ2) is 7.95. The summed E-state index contributed by atoms with van der Waals surface area (Å²) < 4.78 is 11.7. The van der Waals surface area contributed by atoms with Crippen LogP contribution < -0.4 is 14.8 Å². The fraction of sp³-hybridized carbons (Fsp3) is 0.571. The van der Waals surface area contributed by atoms with Crippen LogP contribution in [-0.4, -0.2) is 12.6 Å². The van der Waals surface area contributed by atoms with Gasteiger partial charge in [-0.25, -0.2) is 0 Å². The molecule has 3 nitrogen and oxygen atoms in total. The maximum absolute atomic E-state index is 6.73. The summed E-state index contributed by atoms with van der Waals surface area (Å²) in [4.78, 5) is 0. The number of rotatable bonds is 7. The van der Waals surface area contributed by atoms with Gasteiger partial charge in [0.25, 0.3) is 0 Å². The lowest BCUT2D eigenvalue weighted by Gasteiger charge is -2.65. The Kier molecular flexibility index (Phi) is 5.49. The molecule has 32 heavy (non-hydrogen) atoms. The molecule has 1 N–H and O–H groups in total. The molecule has 0 aliphatic heterocycles. The van der Waals surface area contributed by atoms with Gasteiger partial charge in [0.2, 0.25) is 0 Å². The maximum Gasteiger partial charge on any atom is 0.163 e. The van der Waals surface area contributed by atoms with E-state index in [9.17, 15) is 0 Å². The topological polar surface area (TPSA) is 30.5 Å². The normalized spacial score (nSPS) is 32.8. The third-order valence-electron chi connectivity index (χ3n) is 8.09. The fourth-order valence-electron chi connectivity index (χ4n) is 7.88. The first-order valence-electron chi connectivity index (χ1n) is 12.0. The minimum Gasteiger partial charge on any atom is -0.493 e. The molecule has 2 aromatic rings. The molecule has 4 heteroatoms. The van der Waals surface area contributed by atoms with E-state index < -0.39 is 0 Å². The van der Waals surface area contributed by atoms with Crippen LogP contribution in [0.15, 0.2) is 36.4 Å². The molecule has 2 unspecified atom stereocenters. The molecule has 2 atom stereocenters. The van der Waals surface area contributed by atoms with E-state index >= 15 is 0 Å². The van der Waals surface area contributed by atoms with Crippen molar-refractivity contribution in [3.63, 3.8) is 0 Å². The molecule has 4 aliphatic rings. The first-order valence-corrected chi connectivity index (χ1v) is 12.4. The van der Waals surface area contributed by atoms with Crippen LogP contribution >= 0.6 is 11.6 Å². The number of hydrogen-bond donors (Lipinski definition) is 1. The SMILES string of the molecule is COc1cc(CNC23CC4CC(C)(CC(C)(C4)C2)C3)c(Cl)cc1OCc1cccc(C)c1. The summed E-state index contributed by atoms with van der Waals surface area (Å²) in [5, 5.41) is 4.72. The van der Waals surface area contributed by atoms with E-state index in [1.165, 1.54) is 44.1 Å². The average Bonchev–Trinajstić information content (AvgIpc) is 2.69. The van der Waals surface area contributed by atoms with Crippen LogP contribution in [-0.2, 0) is 13.2 Å². The van der Waals surface area contributed by atoms with Crippen molar-refractivity contribution in [3.8, 4) is 11.5 Å². The van der Waals surface area contributed by atoms with E-state index in [0.717, 1.165) is 34.4 Å². The molecule has 0 spiro atoms. The van der Waals surface area contributed by atoms with Crippen LogP contribution in [0.3, 0.4) is 0 Å². The van der Waals surface area contributed by atoms with Gasteiger partial charge in [0, 0.05) is 23.2 Å². The van der Waals surface area contributed by atoms with Crippen molar-refractivity contribution in [2.75, 3.05) is 7.11 Å². The molecule has 0 amide bonds. The molecule has 172 valence electrons. The van der Waals surface area contributed by atoms with Gasteiger partial charge in [-0.3, -0.25) is 0 Å². The molecular weight excluding hydrogens is 418 g/mol. The Balaban J connectivity index is 1.30. The van der Waals surface area contributed by atoms with Gasteiger partial charge in [-0.1, -0.05) is 55.3 Å². The van der Waals surface area contributed by atoms with Crippen molar-refractivity contribution < 1.29 is 9.47 Å². The van der Waals surface area contributed by atoms with Gasteiger partial charge in [-0.15, -0.1) is 0 Å². The summed E-state index contributed by atoms with van der Waals surface area (Å²) in [7, 11) is 1.70. The Bertz CT molecular complexity index is 1000. The van der Waals surface area contributed by atoms with Crippen molar-refractivity contribution in [1.82, 2.24) is 5.32 Å². The highest BCUT2D eigenvalue weighted by atomic mass is 35.5. The largest absolute Gasteiger partial charge is 0.493 e. The Morgan fingerprint density at radius 1 is 1.00 bits per heavy atom. The summed E-state index contributed by atoms with van der Waals surface area (Å²) in [6, 6.07) is 12.3. The molecule has 4 aliphatic carbocycles. The summed E-state index contributed by atoms with van der Waals surface area (Å²) in [6.45, 7) is 8.39. The van der Waals surface area contributed by atoms with Crippen LogP contribution in [0.25, 0.3) is 0 Å². The van der Waals surface area contributed by atoms with E-state index in [0.29, 0.717) is 23.2 Å². The van der Waals surface area contributed by atoms with Crippen LogP contribution in [0.5, 0.6) is 11.5 Å². The standard InChI is InChI=1S/C28H36ClNO2/c1-19-6-5-7-20(8-19)15-32-25-10-23(29)22(9-24(25)31-4)14-30-28-13-21-11-26(2,17-28)16-27(3,12-21)18-28/h5-10,21,30H,11-18H2,1-4H3. The van der Waals surface area contributed by atoms with Crippen LogP contribution in [0.4, 0.5) is 0 Å². The summed E-state index contributed by atoms with van der Waals surface area (Å²) in [6.07, 6.45) is 8.10. The predicted molar refractivity (Wildman–Crippen MR) is 130 cm³/mol. The predicted octanol–water partition coefficient (Wildman–Crippen LogP) is 7.07. The number of nitrogens with one attached hydrogen (secondary N) is 1. The first-order chi connectivity index (χ1) is 15.2. The number of hydrogen-bond acceptors (Lipinski definition) is 3. The van der Waals surface area contributed by atoms with Gasteiger partial charge < -0.3 is 14.8 Å². The van der Waals surface area contributed by atoms with Crippen molar-refractivity contribution in [1.29, 1.82) is 0 Å². The molecule has 4 fully saturated rings. The van der Waals surface area contributed by atoms with Crippen LogP contribution in [0.2, 0.25) is 5.02 Å². The molecule has 0 heterocycles. The quantitative estimate of drug-likeness (QED) is 0.486. The van der Waals surface area contributed by atoms with Crippen LogP contribution in [0.1, 0.15) is 69.1 Å². The van der Waals surface area contributed by atoms with Crippen molar-refractivity contribution >= 4 is 11.6 Å². The summed E-state index contributed by atoms with van der Waals surface area (Å²) >= 11 is 6.73. The number of benzene rings is 2. The van der Waals surface area contributed by atoms with Crippen molar-refractivity contribution in [2.45, 2.75) is 78.0 Å². The molecule has 0 aromatic heterocycles. The molecule has 2 aromatic carbocycles. The third kappa shape index (κ3) is 4.26. The third-order valence-corrected chi connectivity index (χ3v) is 8.44. The summed E-state index contributed by atoms with van der Waals surface area (Å²) in [5.74, 6) is 2.30. The Hall–Kier alpha value is -1.71. The lowest BCUT2D eigenvalue weighted by molar-refractivity contribution is -0.118. The highest BCUT2D eigenvalue weighted by molar-refractivity contribution is 6.31. The number of aryl methyl sites for hydroxylation is 1. The lowest BCUT2D eigenvalue weighted by atomic mass is 9.43. The number of halogens is 1. The van der Waals surface area contributed by atoms with Gasteiger partial charge in [-0.2, -0.15) is 0 Å². The van der Waals surface area contributed by atoms with E-state index in [2.05, 4.69) is 50.4 Å². The molecule has 0 radical (unpaired) electrons. The smallest absolute Gasteiger partial charge is 0.163 e. The van der Waals surface area contributed by atoms with Crippen molar-refractivity contribution in [2.24, 2.45) is 16.7 Å². The zero-order valence-corrected chi connectivity index (χ0v) is 20.6. The van der Waals surface area contributed by atoms with Gasteiger partial charge in [0.05, 0.1) is 7.11 Å². The van der Waals surface area contributed by atoms with Gasteiger partial charge >= 0.3 is 0 Å². The fourth-order valence-corrected chi connectivity index (χ4v) is 8.10. The van der Waals surface area contributed by atoms with Gasteiger partial charge in [0.1, 0.15) is 6.61 Å². The zero-order chi connectivity index (χ0) is 22.6. The summed E-state index contributed by atoms with van der Waals surface area (Å²) in [5.41, 5.74) is 4.69. The number of ether oxygens (including phenoxy) is 2. The van der Waals surface area contributed by atoms with E-state index in [-0.39, 0.29) is 5.54 Å². The highest BCUT2D eigenvalue weighted by Gasteiger charge is 2.59. The highest BCUT2D eigenvalue weighted by Crippen LogP contribution is 2.66. The minimum atomic E-state index is 0.250.